The van der Waals surface area contributed by atoms with Crippen LogP contribution in [0.2, 0.25) is 0 Å². The summed E-state index contributed by atoms with van der Waals surface area (Å²) in [6.07, 6.45) is 0.198. The van der Waals surface area contributed by atoms with E-state index in [2.05, 4.69) is 17.4 Å². The van der Waals surface area contributed by atoms with Gasteiger partial charge in [0.1, 0.15) is 5.75 Å². The van der Waals surface area contributed by atoms with Gasteiger partial charge < -0.3 is 10.1 Å². The second kappa shape index (κ2) is 9.26. The summed E-state index contributed by atoms with van der Waals surface area (Å²) in [6, 6.07) is 17.9. The molecule has 0 spiro atoms. The maximum absolute atomic E-state index is 12.3. The van der Waals surface area contributed by atoms with Crippen molar-refractivity contribution < 1.29 is 9.53 Å². The van der Waals surface area contributed by atoms with Gasteiger partial charge in [-0.15, -0.1) is 11.8 Å². The van der Waals surface area contributed by atoms with Gasteiger partial charge in [0.2, 0.25) is 0 Å². The Balaban J connectivity index is 1.77. The minimum atomic E-state index is -0.446. The molecule has 0 radical (unpaired) electrons. The van der Waals surface area contributed by atoms with Crippen LogP contribution in [0.4, 0.5) is 0 Å². The Morgan fingerprint density at radius 1 is 1.13 bits per heavy atom. The fraction of sp³-hybridized carbons (Fsp3) is 0.316. The number of hydrogen-bond donors (Lipinski definition) is 1. The lowest BCUT2D eigenvalue weighted by Crippen LogP contribution is -2.39. The molecule has 2 aromatic carbocycles. The number of thioether (sulfide) groups is 1. The van der Waals surface area contributed by atoms with Crippen molar-refractivity contribution in [1.82, 2.24) is 5.32 Å². The molecule has 4 heteroatoms. The van der Waals surface area contributed by atoms with Gasteiger partial charge in [0.25, 0.3) is 5.91 Å². The lowest BCUT2D eigenvalue weighted by atomic mass is 10.2. The molecule has 122 valence electrons. The van der Waals surface area contributed by atoms with Gasteiger partial charge in [-0.3, -0.25) is 4.79 Å². The molecule has 0 aliphatic rings. The molecular weight excluding hydrogens is 306 g/mol. The van der Waals surface area contributed by atoms with Crippen LogP contribution in [-0.4, -0.2) is 24.3 Å². The summed E-state index contributed by atoms with van der Waals surface area (Å²) in [4.78, 5) is 13.5. The number of carbonyl (C=O) groups excluding carboxylic acids is 1. The molecular formula is C19H23NO2S. The van der Waals surface area contributed by atoms with Crippen LogP contribution >= 0.6 is 11.8 Å². The van der Waals surface area contributed by atoms with Gasteiger partial charge in [0, 0.05) is 17.2 Å². The van der Waals surface area contributed by atoms with E-state index in [1.54, 1.807) is 11.8 Å². The average Bonchev–Trinajstić information content (AvgIpc) is 2.59. The smallest absolute Gasteiger partial charge is 0.261 e. The summed E-state index contributed by atoms with van der Waals surface area (Å²) in [5.74, 6) is 1.56. The highest BCUT2D eigenvalue weighted by atomic mass is 32.2. The van der Waals surface area contributed by atoms with Crippen molar-refractivity contribution in [2.45, 2.75) is 31.3 Å². The molecule has 0 heterocycles. The average molecular weight is 329 g/mol. The van der Waals surface area contributed by atoms with Gasteiger partial charge in [-0.05, 0) is 37.1 Å². The molecule has 0 fully saturated rings. The number of nitrogens with one attached hydrogen (secondary N) is 1. The minimum absolute atomic E-state index is 0.0515. The number of carbonyl (C=O) groups is 1. The van der Waals surface area contributed by atoms with E-state index in [0.717, 1.165) is 17.1 Å². The van der Waals surface area contributed by atoms with E-state index in [-0.39, 0.29) is 5.91 Å². The fourth-order valence-corrected chi connectivity index (χ4v) is 2.93. The SMILES string of the molecule is CC[C@H](Oc1ccccc1C)C(=O)NCCSc1ccccc1. The van der Waals surface area contributed by atoms with E-state index in [9.17, 15) is 4.79 Å². The molecule has 1 amide bonds. The maximum atomic E-state index is 12.3. The third-order valence-corrected chi connectivity index (χ3v) is 4.45. The molecule has 0 saturated heterocycles. The molecule has 0 aromatic heterocycles. The Morgan fingerprint density at radius 3 is 2.52 bits per heavy atom. The number of para-hydroxylation sites is 1. The number of rotatable bonds is 8. The van der Waals surface area contributed by atoms with E-state index in [0.29, 0.717) is 13.0 Å². The maximum Gasteiger partial charge on any atom is 0.261 e. The van der Waals surface area contributed by atoms with E-state index in [1.165, 1.54) is 4.90 Å². The van der Waals surface area contributed by atoms with E-state index in [1.807, 2.05) is 56.3 Å². The first kappa shape index (κ1) is 17.4. The summed E-state index contributed by atoms with van der Waals surface area (Å²) in [7, 11) is 0. The van der Waals surface area contributed by atoms with Gasteiger partial charge in [-0.1, -0.05) is 43.3 Å². The molecule has 23 heavy (non-hydrogen) atoms. The number of hydrogen-bond acceptors (Lipinski definition) is 3. The van der Waals surface area contributed by atoms with Crippen LogP contribution in [-0.2, 0) is 4.79 Å². The first-order chi connectivity index (χ1) is 11.2. The second-order valence-electron chi connectivity index (χ2n) is 5.23. The highest BCUT2D eigenvalue weighted by Crippen LogP contribution is 2.19. The van der Waals surface area contributed by atoms with Crippen LogP contribution in [0.1, 0.15) is 18.9 Å². The molecule has 0 aliphatic carbocycles. The lowest BCUT2D eigenvalue weighted by molar-refractivity contribution is -0.128. The van der Waals surface area contributed by atoms with Gasteiger partial charge in [-0.25, -0.2) is 0 Å². The van der Waals surface area contributed by atoms with Crippen molar-refractivity contribution in [2.75, 3.05) is 12.3 Å². The normalized spacial score (nSPS) is 11.7. The Morgan fingerprint density at radius 2 is 1.83 bits per heavy atom. The largest absolute Gasteiger partial charge is 0.480 e. The number of benzene rings is 2. The number of amides is 1. The van der Waals surface area contributed by atoms with Crippen LogP contribution in [0.25, 0.3) is 0 Å². The summed E-state index contributed by atoms with van der Waals surface area (Å²) in [6.45, 7) is 4.57. The molecule has 1 N–H and O–H groups in total. The van der Waals surface area contributed by atoms with Gasteiger partial charge in [0.15, 0.2) is 6.10 Å². The third-order valence-electron chi connectivity index (χ3n) is 3.44. The summed E-state index contributed by atoms with van der Waals surface area (Å²) in [5, 5.41) is 2.96. The van der Waals surface area contributed by atoms with Crippen LogP contribution in [0, 0.1) is 6.92 Å². The van der Waals surface area contributed by atoms with Crippen LogP contribution in [0.3, 0.4) is 0 Å². The molecule has 0 unspecified atom stereocenters. The second-order valence-corrected chi connectivity index (χ2v) is 6.40. The number of ether oxygens (including phenoxy) is 1. The Kier molecular flexibility index (Phi) is 7.01. The predicted molar refractivity (Wildman–Crippen MR) is 96.1 cm³/mol. The summed E-state index contributed by atoms with van der Waals surface area (Å²) < 4.78 is 5.85. The standard InChI is InChI=1S/C19H23NO2S/c1-3-17(22-18-12-8-7-9-15(18)2)19(21)20-13-14-23-16-10-5-4-6-11-16/h4-12,17H,3,13-14H2,1-2H3,(H,20,21)/t17-/m0/s1. The molecule has 2 rings (SSSR count). The summed E-state index contributed by atoms with van der Waals surface area (Å²) >= 11 is 1.73. The van der Waals surface area contributed by atoms with Crippen molar-refractivity contribution in [3.8, 4) is 5.75 Å². The Labute approximate surface area is 142 Å². The fourth-order valence-electron chi connectivity index (χ4n) is 2.14. The van der Waals surface area contributed by atoms with Crippen molar-refractivity contribution in [3.05, 3.63) is 60.2 Å². The monoisotopic (exact) mass is 329 g/mol. The molecule has 0 bridgehead atoms. The zero-order valence-electron chi connectivity index (χ0n) is 13.6. The minimum Gasteiger partial charge on any atom is -0.480 e. The molecule has 2 aromatic rings. The van der Waals surface area contributed by atoms with Crippen molar-refractivity contribution in [1.29, 1.82) is 0 Å². The lowest BCUT2D eigenvalue weighted by Gasteiger charge is -2.18. The Hall–Kier alpha value is -1.94. The number of aryl methyl sites for hydroxylation is 1. The molecule has 0 aliphatic heterocycles. The predicted octanol–water partition coefficient (Wildman–Crippen LogP) is 4.06. The third kappa shape index (κ3) is 5.64. The van der Waals surface area contributed by atoms with Gasteiger partial charge >= 0.3 is 0 Å². The van der Waals surface area contributed by atoms with Crippen LogP contribution in [0.5, 0.6) is 5.75 Å². The first-order valence-electron chi connectivity index (χ1n) is 7.88. The van der Waals surface area contributed by atoms with Gasteiger partial charge in [0.05, 0.1) is 0 Å². The van der Waals surface area contributed by atoms with E-state index in [4.69, 9.17) is 4.74 Å². The van der Waals surface area contributed by atoms with E-state index < -0.39 is 6.10 Å². The quantitative estimate of drug-likeness (QED) is 0.586. The van der Waals surface area contributed by atoms with E-state index >= 15 is 0 Å². The van der Waals surface area contributed by atoms with Crippen molar-refractivity contribution in [2.24, 2.45) is 0 Å². The van der Waals surface area contributed by atoms with Crippen molar-refractivity contribution in [3.63, 3.8) is 0 Å². The highest BCUT2D eigenvalue weighted by Gasteiger charge is 2.18. The topological polar surface area (TPSA) is 38.3 Å². The van der Waals surface area contributed by atoms with Crippen LogP contribution in [0.15, 0.2) is 59.5 Å². The van der Waals surface area contributed by atoms with Gasteiger partial charge in [-0.2, -0.15) is 0 Å². The zero-order valence-corrected chi connectivity index (χ0v) is 14.4. The molecule has 1 atom stereocenters. The molecule has 0 saturated carbocycles. The van der Waals surface area contributed by atoms with Crippen molar-refractivity contribution >= 4 is 17.7 Å². The molecule has 3 nitrogen and oxygen atoms in total. The van der Waals surface area contributed by atoms with Crippen LogP contribution < -0.4 is 10.1 Å². The zero-order chi connectivity index (χ0) is 16.5. The Bertz CT molecular complexity index is 616. The highest BCUT2D eigenvalue weighted by molar-refractivity contribution is 7.99. The first-order valence-corrected chi connectivity index (χ1v) is 8.87. The summed E-state index contributed by atoms with van der Waals surface area (Å²) in [5.41, 5.74) is 1.04.